The van der Waals surface area contributed by atoms with E-state index in [2.05, 4.69) is 4.90 Å². The van der Waals surface area contributed by atoms with Crippen LogP contribution in [0.5, 0.6) is 5.75 Å². The van der Waals surface area contributed by atoms with Gasteiger partial charge in [-0.3, -0.25) is 9.69 Å². The number of amides is 1. The van der Waals surface area contributed by atoms with Gasteiger partial charge in [-0.15, -0.1) is 0 Å². The SMILES string of the molecule is COc1cc(C)c(S(=O)(=O)N(C)CCOCC(=O)N2CCC(CCCN3CCOCC3)CC2)c(C)c1. The molecular formula is C26H43N3O6S. The molecule has 0 bridgehead atoms. The second-order valence-corrected chi connectivity index (χ2v) is 11.9. The Hall–Kier alpha value is -1.72. The van der Waals surface area contributed by atoms with Gasteiger partial charge in [-0.1, -0.05) is 0 Å². The molecule has 0 saturated carbocycles. The van der Waals surface area contributed by atoms with Crippen LogP contribution in [-0.2, 0) is 24.3 Å². The molecule has 10 heteroatoms. The smallest absolute Gasteiger partial charge is 0.248 e. The normalized spacial score (nSPS) is 18.1. The summed E-state index contributed by atoms with van der Waals surface area (Å²) in [5, 5.41) is 0. The van der Waals surface area contributed by atoms with Crippen molar-refractivity contribution in [3.8, 4) is 5.75 Å². The van der Waals surface area contributed by atoms with Crippen molar-refractivity contribution < 1.29 is 27.4 Å². The maximum absolute atomic E-state index is 13.1. The molecule has 1 aromatic rings. The van der Waals surface area contributed by atoms with Crippen LogP contribution >= 0.6 is 0 Å². The molecule has 2 heterocycles. The van der Waals surface area contributed by atoms with Gasteiger partial charge in [0.25, 0.3) is 0 Å². The number of methoxy groups -OCH3 is 1. The third-order valence-electron chi connectivity index (χ3n) is 7.27. The van der Waals surface area contributed by atoms with Gasteiger partial charge in [-0.2, -0.15) is 4.31 Å². The number of sulfonamides is 1. The number of benzene rings is 1. The number of carbonyl (C=O) groups is 1. The lowest BCUT2D eigenvalue weighted by Gasteiger charge is -2.33. The number of morpholine rings is 1. The summed E-state index contributed by atoms with van der Waals surface area (Å²) in [6.07, 6.45) is 4.49. The van der Waals surface area contributed by atoms with Crippen LogP contribution < -0.4 is 4.74 Å². The lowest BCUT2D eigenvalue weighted by Crippen LogP contribution is -2.41. The van der Waals surface area contributed by atoms with Crippen molar-refractivity contribution in [1.29, 1.82) is 0 Å². The van der Waals surface area contributed by atoms with E-state index in [1.54, 1.807) is 33.1 Å². The first-order chi connectivity index (χ1) is 17.2. The van der Waals surface area contributed by atoms with Gasteiger partial charge >= 0.3 is 0 Å². The molecule has 1 aromatic carbocycles. The Morgan fingerprint density at radius 3 is 2.36 bits per heavy atom. The highest BCUT2D eigenvalue weighted by Gasteiger charge is 2.26. The highest BCUT2D eigenvalue weighted by atomic mass is 32.2. The maximum Gasteiger partial charge on any atom is 0.248 e. The van der Waals surface area contributed by atoms with E-state index in [0.717, 1.165) is 58.8 Å². The number of nitrogens with zero attached hydrogens (tertiary/aromatic N) is 3. The van der Waals surface area contributed by atoms with Gasteiger partial charge in [0.2, 0.25) is 15.9 Å². The molecule has 0 unspecified atom stereocenters. The summed E-state index contributed by atoms with van der Waals surface area (Å²) in [6.45, 7) is 10.3. The Bertz CT molecular complexity index is 933. The van der Waals surface area contributed by atoms with E-state index in [0.29, 0.717) is 22.8 Å². The third kappa shape index (κ3) is 7.89. The highest BCUT2D eigenvalue weighted by Crippen LogP contribution is 2.27. The first kappa shape index (κ1) is 28.8. The van der Waals surface area contributed by atoms with Crippen molar-refractivity contribution in [2.24, 2.45) is 5.92 Å². The van der Waals surface area contributed by atoms with Gasteiger partial charge in [0.1, 0.15) is 12.4 Å². The van der Waals surface area contributed by atoms with Crippen LogP contribution in [0.2, 0.25) is 0 Å². The molecular weight excluding hydrogens is 482 g/mol. The monoisotopic (exact) mass is 525 g/mol. The summed E-state index contributed by atoms with van der Waals surface area (Å²) >= 11 is 0. The van der Waals surface area contributed by atoms with Gasteiger partial charge in [0, 0.05) is 39.8 Å². The second kappa shape index (κ2) is 13.7. The van der Waals surface area contributed by atoms with E-state index in [9.17, 15) is 13.2 Å². The fourth-order valence-corrected chi connectivity index (χ4v) is 6.61. The molecule has 3 rings (SSSR count). The van der Waals surface area contributed by atoms with Crippen molar-refractivity contribution in [3.05, 3.63) is 23.3 Å². The zero-order valence-electron chi connectivity index (χ0n) is 22.3. The summed E-state index contributed by atoms with van der Waals surface area (Å²) in [6, 6.07) is 3.44. The number of piperidine rings is 1. The Morgan fingerprint density at radius 2 is 1.75 bits per heavy atom. The fourth-order valence-electron chi connectivity index (χ4n) is 5.05. The second-order valence-electron chi connectivity index (χ2n) is 9.89. The average Bonchev–Trinajstić information content (AvgIpc) is 2.86. The van der Waals surface area contributed by atoms with Crippen molar-refractivity contribution in [2.75, 3.05) is 79.9 Å². The Morgan fingerprint density at radius 1 is 1.11 bits per heavy atom. The third-order valence-corrected chi connectivity index (χ3v) is 9.43. The van der Waals surface area contributed by atoms with E-state index in [-0.39, 0.29) is 30.6 Å². The molecule has 2 fully saturated rings. The van der Waals surface area contributed by atoms with E-state index in [4.69, 9.17) is 14.2 Å². The Kier molecular flexibility index (Phi) is 11.0. The molecule has 0 N–H and O–H groups in total. The maximum atomic E-state index is 13.1. The van der Waals surface area contributed by atoms with Gasteiger partial charge < -0.3 is 19.1 Å². The average molecular weight is 526 g/mol. The van der Waals surface area contributed by atoms with E-state index in [1.807, 2.05) is 4.90 Å². The minimum atomic E-state index is -3.67. The quantitative estimate of drug-likeness (QED) is 0.387. The Balaban J connectivity index is 1.34. The number of rotatable bonds is 12. The topological polar surface area (TPSA) is 88.6 Å². The van der Waals surface area contributed by atoms with Crippen molar-refractivity contribution in [2.45, 2.75) is 44.4 Å². The minimum Gasteiger partial charge on any atom is -0.497 e. The summed E-state index contributed by atoms with van der Waals surface area (Å²) in [5.41, 5.74) is 1.28. The van der Waals surface area contributed by atoms with Crippen LogP contribution in [0.15, 0.2) is 17.0 Å². The lowest BCUT2D eigenvalue weighted by molar-refractivity contribution is -0.137. The number of aryl methyl sites for hydroxylation is 2. The van der Waals surface area contributed by atoms with Crippen LogP contribution in [0, 0.1) is 19.8 Å². The first-order valence-electron chi connectivity index (χ1n) is 13.0. The molecule has 204 valence electrons. The van der Waals surface area contributed by atoms with E-state index < -0.39 is 10.0 Å². The largest absolute Gasteiger partial charge is 0.497 e. The molecule has 2 aliphatic rings. The number of hydrogen-bond acceptors (Lipinski definition) is 7. The fraction of sp³-hybridized carbons (Fsp3) is 0.731. The van der Waals surface area contributed by atoms with Crippen LogP contribution in [0.1, 0.15) is 36.8 Å². The lowest BCUT2D eigenvalue weighted by atomic mass is 9.92. The molecule has 0 atom stereocenters. The summed E-state index contributed by atoms with van der Waals surface area (Å²) in [7, 11) is -0.581. The van der Waals surface area contributed by atoms with Crippen LogP contribution in [0.3, 0.4) is 0 Å². The van der Waals surface area contributed by atoms with Crippen molar-refractivity contribution in [1.82, 2.24) is 14.1 Å². The molecule has 0 spiro atoms. The minimum absolute atomic E-state index is 0.0177. The number of likely N-dealkylation sites (tertiary alicyclic amines) is 1. The molecule has 2 aliphatic heterocycles. The predicted molar refractivity (Wildman–Crippen MR) is 139 cm³/mol. The van der Waals surface area contributed by atoms with E-state index >= 15 is 0 Å². The van der Waals surface area contributed by atoms with Gasteiger partial charge in [0.15, 0.2) is 0 Å². The zero-order valence-corrected chi connectivity index (χ0v) is 23.1. The van der Waals surface area contributed by atoms with Gasteiger partial charge in [-0.25, -0.2) is 8.42 Å². The molecule has 9 nitrogen and oxygen atoms in total. The number of hydrogen-bond donors (Lipinski definition) is 0. The summed E-state index contributed by atoms with van der Waals surface area (Å²) in [5.74, 6) is 1.29. The summed E-state index contributed by atoms with van der Waals surface area (Å²) in [4.78, 5) is 17.2. The molecule has 0 aliphatic carbocycles. The standard InChI is InChI=1S/C26H43N3O6S/c1-21-18-24(33-4)19-22(2)26(21)36(31,32)27(3)12-15-35-20-25(30)29-10-7-23(8-11-29)6-5-9-28-13-16-34-17-14-28/h18-19,23H,5-17,20H2,1-4H3. The van der Waals surface area contributed by atoms with Crippen LogP contribution in [0.25, 0.3) is 0 Å². The van der Waals surface area contributed by atoms with Gasteiger partial charge in [-0.05, 0) is 75.3 Å². The Labute approximate surface area is 216 Å². The number of ether oxygens (including phenoxy) is 3. The van der Waals surface area contributed by atoms with E-state index in [1.165, 1.54) is 24.2 Å². The highest BCUT2D eigenvalue weighted by molar-refractivity contribution is 7.89. The van der Waals surface area contributed by atoms with Gasteiger partial charge in [0.05, 0.1) is 31.8 Å². The van der Waals surface area contributed by atoms with Crippen LogP contribution in [-0.4, -0.2) is 108 Å². The summed E-state index contributed by atoms with van der Waals surface area (Å²) < 4.78 is 43.7. The molecule has 0 radical (unpaired) electrons. The first-order valence-corrected chi connectivity index (χ1v) is 14.4. The molecule has 1 amide bonds. The van der Waals surface area contributed by atoms with Crippen molar-refractivity contribution in [3.63, 3.8) is 0 Å². The predicted octanol–water partition coefficient (Wildman–Crippen LogP) is 2.30. The van der Waals surface area contributed by atoms with Crippen molar-refractivity contribution >= 4 is 15.9 Å². The molecule has 36 heavy (non-hydrogen) atoms. The molecule has 2 saturated heterocycles. The number of likely N-dealkylation sites (N-methyl/N-ethyl adjacent to an activating group) is 1. The molecule has 0 aromatic heterocycles. The number of carbonyl (C=O) groups excluding carboxylic acids is 1. The zero-order chi connectivity index (χ0) is 26.1. The van der Waals surface area contributed by atoms with Crippen LogP contribution in [0.4, 0.5) is 0 Å².